The fraction of sp³-hybridized carbons (Fsp3) is 0.100. The molecule has 4 rings (SSSR count). The summed E-state index contributed by atoms with van der Waals surface area (Å²) in [5.41, 5.74) is 5.79. The maximum absolute atomic E-state index is 5.75. The molecule has 1 heterocycles. The van der Waals surface area contributed by atoms with Crippen LogP contribution in [0.3, 0.4) is 0 Å². The lowest BCUT2D eigenvalue weighted by atomic mass is 10.0. The Morgan fingerprint density at radius 1 is 1.08 bits per heavy atom. The summed E-state index contributed by atoms with van der Waals surface area (Å²) in [6.45, 7) is 2.58. The van der Waals surface area contributed by atoms with E-state index >= 15 is 0 Å². The van der Waals surface area contributed by atoms with Gasteiger partial charge in [-0.05, 0) is 35.9 Å². The largest absolute Gasteiger partial charge is 0.493 e. The van der Waals surface area contributed by atoms with E-state index in [0.717, 1.165) is 33.1 Å². The second-order valence-corrected chi connectivity index (χ2v) is 5.60. The molecule has 1 aromatic heterocycles. The lowest BCUT2D eigenvalue weighted by Gasteiger charge is -2.10. The van der Waals surface area contributed by atoms with E-state index in [1.807, 2.05) is 49.4 Å². The normalized spacial score (nSPS) is 11.4. The average molecular weight is 330 g/mol. The third-order valence-corrected chi connectivity index (χ3v) is 3.98. The van der Waals surface area contributed by atoms with Crippen molar-refractivity contribution in [3.8, 4) is 5.75 Å². The van der Waals surface area contributed by atoms with E-state index in [9.17, 15) is 0 Å². The molecular weight excluding hydrogens is 312 g/mol. The number of nitrogens with one attached hydrogen (secondary N) is 2. The quantitative estimate of drug-likeness (QED) is 0.416. The van der Waals surface area contributed by atoms with Crippen LogP contribution in [-0.2, 0) is 0 Å². The van der Waals surface area contributed by atoms with Crippen LogP contribution < -0.4 is 10.2 Å². The highest BCUT2D eigenvalue weighted by molar-refractivity contribution is 6.02. The zero-order valence-corrected chi connectivity index (χ0v) is 13.9. The van der Waals surface area contributed by atoms with Crippen molar-refractivity contribution in [3.63, 3.8) is 0 Å². The summed E-state index contributed by atoms with van der Waals surface area (Å²) in [7, 11) is 0. The van der Waals surface area contributed by atoms with Crippen LogP contribution in [0.5, 0.6) is 5.75 Å². The molecule has 0 saturated carbocycles. The first-order chi connectivity index (χ1) is 12.3. The van der Waals surface area contributed by atoms with Crippen LogP contribution in [0.15, 0.2) is 65.8 Å². The van der Waals surface area contributed by atoms with Crippen molar-refractivity contribution in [2.45, 2.75) is 6.92 Å². The molecule has 0 spiro atoms. The number of para-hydroxylation sites is 2. The number of H-pyrrole nitrogens is 1. The summed E-state index contributed by atoms with van der Waals surface area (Å²) in [5, 5.41) is 6.60. The Kier molecular flexibility index (Phi) is 4.04. The van der Waals surface area contributed by atoms with Crippen molar-refractivity contribution in [1.29, 1.82) is 0 Å². The van der Waals surface area contributed by atoms with Gasteiger partial charge in [-0.2, -0.15) is 5.10 Å². The molecule has 3 aromatic carbocycles. The Balaban J connectivity index is 1.66. The number of fused-ring (bicyclic) bond motifs is 2. The molecular formula is C20H18N4O. The fourth-order valence-corrected chi connectivity index (χ4v) is 2.85. The maximum Gasteiger partial charge on any atom is 0.222 e. The van der Waals surface area contributed by atoms with Gasteiger partial charge >= 0.3 is 0 Å². The third-order valence-electron chi connectivity index (χ3n) is 3.98. The Hall–Kier alpha value is -3.34. The topological polar surface area (TPSA) is 62.3 Å². The SMILES string of the molecule is CCOc1ccc2ccccc2c1C=NNc1nc2ccccc2[nH]1. The van der Waals surface area contributed by atoms with Gasteiger partial charge in [-0.15, -0.1) is 0 Å². The van der Waals surface area contributed by atoms with Gasteiger partial charge in [0.2, 0.25) is 5.95 Å². The Morgan fingerprint density at radius 2 is 1.92 bits per heavy atom. The molecule has 0 unspecified atom stereocenters. The number of anilines is 1. The molecule has 25 heavy (non-hydrogen) atoms. The van der Waals surface area contributed by atoms with E-state index in [1.165, 1.54) is 0 Å². The highest BCUT2D eigenvalue weighted by Crippen LogP contribution is 2.26. The van der Waals surface area contributed by atoms with Gasteiger partial charge in [-0.1, -0.05) is 42.5 Å². The van der Waals surface area contributed by atoms with Crippen LogP contribution in [0, 0.1) is 0 Å². The minimum Gasteiger partial charge on any atom is -0.493 e. The minimum atomic E-state index is 0.607. The van der Waals surface area contributed by atoms with Crippen molar-refractivity contribution in [2.24, 2.45) is 5.10 Å². The summed E-state index contributed by atoms with van der Waals surface area (Å²) in [4.78, 5) is 7.64. The lowest BCUT2D eigenvalue weighted by molar-refractivity contribution is 0.340. The van der Waals surface area contributed by atoms with E-state index in [-0.39, 0.29) is 0 Å². The van der Waals surface area contributed by atoms with Crippen LogP contribution in [0.4, 0.5) is 5.95 Å². The second kappa shape index (κ2) is 6.65. The zero-order valence-electron chi connectivity index (χ0n) is 13.9. The number of ether oxygens (including phenoxy) is 1. The number of nitrogens with zero attached hydrogens (tertiary/aromatic N) is 2. The summed E-state index contributed by atoms with van der Waals surface area (Å²) in [6, 6.07) is 20.1. The number of hydrazone groups is 1. The van der Waals surface area contributed by atoms with Gasteiger partial charge in [0, 0.05) is 5.56 Å². The third kappa shape index (κ3) is 3.04. The standard InChI is InChI=1S/C20H18N4O/c1-2-25-19-12-11-14-7-3-4-8-15(14)16(19)13-21-24-20-22-17-9-5-6-10-18(17)23-20/h3-13H,2H2,1H3,(H2,22,23,24). The second-order valence-electron chi connectivity index (χ2n) is 5.60. The van der Waals surface area contributed by atoms with Crippen LogP contribution in [0.2, 0.25) is 0 Å². The van der Waals surface area contributed by atoms with Gasteiger partial charge in [0.05, 0.1) is 23.9 Å². The highest BCUT2D eigenvalue weighted by Gasteiger charge is 2.07. The monoisotopic (exact) mass is 330 g/mol. The molecule has 5 heteroatoms. The van der Waals surface area contributed by atoms with Crippen molar-refractivity contribution in [3.05, 3.63) is 66.2 Å². The number of aromatic amines is 1. The molecule has 124 valence electrons. The molecule has 0 radical (unpaired) electrons. The molecule has 0 aliphatic heterocycles. The van der Waals surface area contributed by atoms with Crippen molar-refractivity contribution >= 4 is 34.0 Å². The van der Waals surface area contributed by atoms with Gasteiger partial charge in [-0.25, -0.2) is 10.4 Å². The number of benzene rings is 3. The molecule has 5 nitrogen and oxygen atoms in total. The maximum atomic E-state index is 5.75. The molecule has 0 aliphatic carbocycles. The van der Waals surface area contributed by atoms with E-state index in [1.54, 1.807) is 6.21 Å². The van der Waals surface area contributed by atoms with Crippen molar-refractivity contribution in [2.75, 3.05) is 12.0 Å². The first-order valence-electron chi connectivity index (χ1n) is 8.23. The van der Waals surface area contributed by atoms with Gasteiger partial charge in [0.25, 0.3) is 0 Å². The van der Waals surface area contributed by atoms with E-state index in [2.05, 4.69) is 38.7 Å². The van der Waals surface area contributed by atoms with Crippen LogP contribution >= 0.6 is 0 Å². The number of hydrogen-bond acceptors (Lipinski definition) is 4. The van der Waals surface area contributed by atoms with Crippen LogP contribution in [0.1, 0.15) is 12.5 Å². The summed E-state index contributed by atoms with van der Waals surface area (Å²) in [6.07, 6.45) is 1.78. The predicted octanol–water partition coefficient (Wildman–Crippen LogP) is 4.56. The van der Waals surface area contributed by atoms with Gasteiger partial charge < -0.3 is 9.72 Å². The average Bonchev–Trinajstić information content (AvgIpc) is 3.06. The molecule has 0 saturated heterocycles. The fourth-order valence-electron chi connectivity index (χ4n) is 2.85. The zero-order chi connectivity index (χ0) is 17.1. The molecule has 0 bridgehead atoms. The first-order valence-corrected chi connectivity index (χ1v) is 8.23. The molecule has 0 amide bonds. The summed E-state index contributed by atoms with van der Waals surface area (Å²) >= 11 is 0. The van der Waals surface area contributed by atoms with Crippen molar-refractivity contribution < 1.29 is 4.74 Å². The van der Waals surface area contributed by atoms with Gasteiger partial charge in [0.15, 0.2) is 0 Å². The Bertz CT molecular complexity index is 1020. The molecule has 0 atom stereocenters. The Labute approximate surface area is 145 Å². The Morgan fingerprint density at radius 3 is 2.80 bits per heavy atom. The summed E-state index contributed by atoms with van der Waals surface area (Å²) in [5.74, 6) is 1.42. The first kappa shape index (κ1) is 15.2. The number of hydrogen-bond donors (Lipinski definition) is 2. The number of rotatable bonds is 5. The number of aromatic nitrogens is 2. The minimum absolute atomic E-state index is 0.607. The smallest absolute Gasteiger partial charge is 0.222 e. The molecule has 2 N–H and O–H groups in total. The highest BCUT2D eigenvalue weighted by atomic mass is 16.5. The predicted molar refractivity (Wildman–Crippen MR) is 102 cm³/mol. The molecule has 0 aliphatic rings. The van der Waals surface area contributed by atoms with E-state index < -0.39 is 0 Å². The van der Waals surface area contributed by atoms with Gasteiger partial charge in [0.1, 0.15) is 5.75 Å². The van der Waals surface area contributed by atoms with Crippen molar-refractivity contribution in [1.82, 2.24) is 9.97 Å². The van der Waals surface area contributed by atoms with Gasteiger partial charge in [-0.3, -0.25) is 0 Å². The van der Waals surface area contributed by atoms with Crippen LogP contribution in [0.25, 0.3) is 21.8 Å². The summed E-state index contributed by atoms with van der Waals surface area (Å²) < 4.78 is 5.75. The lowest BCUT2D eigenvalue weighted by Crippen LogP contribution is -1.99. The van der Waals surface area contributed by atoms with Crippen LogP contribution in [-0.4, -0.2) is 22.8 Å². The number of imidazole rings is 1. The van der Waals surface area contributed by atoms with E-state index in [4.69, 9.17) is 4.74 Å². The molecule has 0 fully saturated rings. The van der Waals surface area contributed by atoms with E-state index in [0.29, 0.717) is 12.6 Å². The molecule has 4 aromatic rings.